The molecule has 1 aliphatic rings. The fourth-order valence-corrected chi connectivity index (χ4v) is 4.04. The number of alkyl carbamates (subject to hydrolysis) is 1. The quantitative estimate of drug-likeness (QED) is 0.883. The molecule has 0 saturated heterocycles. The first kappa shape index (κ1) is 17.5. The van der Waals surface area contributed by atoms with Crippen LogP contribution in [0.5, 0.6) is 0 Å². The number of amides is 3. The lowest BCUT2D eigenvalue weighted by molar-refractivity contribution is -0.115. The first-order valence-corrected chi connectivity index (χ1v) is 8.70. The van der Waals surface area contributed by atoms with Crippen molar-refractivity contribution in [1.82, 2.24) is 5.32 Å². The van der Waals surface area contributed by atoms with Crippen molar-refractivity contribution < 1.29 is 19.1 Å². The first-order valence-electron chi connectivity index (χ1n) is 7.88. The molecule has 2 N–H and O–H groups in total. The average Bonchev–Trinajstić information content (AvgIpc) is 2.83. The maximum absolute atomic E-state index is 12.5. The van der Waals surface area contributed by atoms with E-state index in [0.717, 1.165) is 29.7 Å². The molecular weight excluding hydrogens is 316 g/mol. The molecule has 0 aromatic carbocycles. The van der Waals surface area contributed by atoms with Gasteiger partial charge in [-0.05, 0) is 37.7 Å². The number of rotatable bonds is 4. The molecule has 0 radical (unpaired) electrons. The molecule has 1 atom stereocenters. The fourth-order valence-electron chi connectivity index (χ4n) is 2.62. The summed E-state index contributed by atoms with van der Waals surface area (Å²) in [5.74, 6) is -0.111. The number of hydrogen-bond acceptors (Lipinski definition) is 5. The number of nitrogens with one attached hydrogen (secondary N) is 2. The molecule has 6 nitrogen and oxygen atoms in total. The van der Waals surface area contributed by atoms with Crippen LogP contribution >= 0.6 is 11.3 Å². The molecule has 0 fully saturated rings. The van der Waals surface area contributed by atoms with Gasteiger partial charge in [0.1, 0.15) is 5.00 Å². The Bertz CT molecular complexity index is 624. The van der Waals surface area contributed by atoms with Gasteiger partial charge in [0, 0.05) is 11.3 Å². The van der Waals surface area contributed by atoms with Crippen molar-refractivity contribution in [2.75, 3.05) is 11.9 Å². The summed E-state index contributed by atoms with van der Waals surface area (Å²) in [6.45, 7) is 5.79. The average molecular weight is 338 g/mol. The highest BCUT2D eigenvalue weighted by molar-refractivity contribution is 7.17. The molecule has 1 aliphatic carbocycles. The number of hydrogen-bond donors (Lipinski definition) is 2. The predicted molar refractivity (Wildman–Crippen MR) is 88.9 cm³/mol. The monoisotopic (exact) mass is 338 g/mol. The van der Waals surface area contributed by atoms with E-state index in [1.165, 1.54) is 11.3 Å². The molecule has 1 heterocycles. The maximum atomic E-state index is 12.5. The van der Waals surface area contributed by atoms with E-state index in [-0.39, 0.29) is 12.5 Å². The highest BCUT2D eigenvalue weighted by Crippen LogP contribution is 2.39. The second-order valence-corrected chi connectivity index (χ2v) is 6.74. The van der Waals surface area contributed by atoms with Gasteiger partial charge in [0.2, 0.25) is 5.91 Å². The molecule has 2 rings (SSSR count). The van der Waals surface area contributed by atoms with Gasteiger partial charge in [-0.2, -0.15) is 0 Å². The minimum atomic E-state index is -0.769. The topological polar surface area (TPSA) is 84.5 Å². The number of carbonyl (C=O) groups excluding carboxylic acids is 3. The van der Waals surface area contributed by atoms with Gasteiger partial charge in [-0.1, -0.05) is 13.8 Å². The number of imide groups is 1. The highest BCUT2D eigenvalue weighted by Gasteiger charge is 2.29. The summed E-state index contributed by atoms with van der Waals surface area (Å²) in [5.41, 5.74) is 1.35. The van der Waals surface area contributed by atoms with E-state index in [1.807, 2.05) is 0 Å². The fraction of sp³-hybridized carbons (Fsp3) is 0.562. The molecule has 0 unspecified atom stereocenters. The van der Waals surface area contributed by atoms with Crippen LogP contribution in [0.3, 0.4) is 0 Å². The molecular formula is C16H22N2O4S. The Balaban J connectivity index is 2.32. The van der Waals surface area contributed by atoms with Gasteiger partial charge in [0.25, 0.3) is 5.91 Å². The molecule has 0 saturated carbocycles. The van der Waals surface area contributed by atoms with Crippen LogP contribution in [0.1, 0.15) is 54.4 Å². The molecule has 1 aromatic heterocycles. The Kier molecular flexibility index (Phi) is 5.76. The number of ether oxygens (including phenoxy) is 1. The number of fused-ring (bicyclic) bond motifs is 1. The number of thiophene rings is 1. The van der Waals surface area contributed by atoms with E-state index in [4.69, 9.17) is 4.74 Å². The van der Waals surface area contributed by atoms with Gasteiger partial charge >= 0.3 is 6.09 Å². The number of anilines is 1. The van der Waals surface area contributed by atoms with Crippen molar-refractivity contribution in [1.29, 1.82) is 0 Å². The van der Waals surface area contributed by atoms with Gasteiger partial charge in [-0.25, -0.2) is 4.79 Å². The van der Waals surface area contributed by atoms with Crippen LogP contribution in [0, 0.1) is 5.92 Å². The summed E-state index contributed by atoms with van der Waals surface area (Å²) >= 11 is 1.43. The van der Waals surface area contributed by atoms with Gasteiger partial charge in [0.15, 0.2) is 0 Å². The summed E-state index contributed by atoms with van der Waals surface area (Å²) in [6.07, 6.45) is 2.22. The summed E-state index contributed by atoms with van der Waals surface area (Å²) in [5, 5.41) is 5.54. The first-order chi connectivity index (χ1) is 11.0. The van der Waals surface area contributed by atoms with E-state index < -0.39 is 12.0 Å². The van der Waals surface area contributed by atoms with E-state index in [1.54, 1.807) is 13.8 Å². The van der Waals surface area contributed by atoms with Crippen molar-refractivity contribution in [2.24, 2.45) is 5.92 Å². The summed E-state index contributed by atoms with van der Waals surface area (Å²) in [4.78, 5) is 36.8. The van der Waals surface area contributed by atoms with E-state index in [9.17, 15) is 14.4 Å². The Morgan fingerprint density at radius 2 is 2.04 bits per heavy atom. The zero-order valence-electron chi connectivity index (χ0n) is 13.7. The second-order valence-electron chi connectivity index (χ2n) is 5.63. The van der Waals surface area contributed by atoms with Crippen LogP contribution in [0.25, 0.3) is 0 Å². The SMILES string of the molecule is CCOC(=O)NC(=O)c1c(NC(=O)CC)sc2c1CC[C@H](C)C2. The smallest absolute Gasteiger partial charge is 0.414 e. The number of carbonyl (C=O) groups is 3. The normalized spacial score (nSPS) is 16.4. The minimum absolute atomic E-state index is 0.151. The predicted octanol–water partition coefficient (Wildman–Crippen LogP) is 3.11. The zero-order chi connectivity index (χ0) is 17.0. The Labute approximate surface area is 139 Å². The van der Waals surface area contributed by atoms with E-state index in [2.05, 4.69) is 17.6 Å². The lowest BCUT2D eigenvalue weighted by Crippen LogP contribution is -2.32. The van der Waals surface area contributed by atoms with Crippen molar-refractivity contribution in [3.63, 3.8) is 0 Å². The third-order valence-corrected chi connectivity index (χ3v) is 4.97. The van der Waals surface area contributed by atoms with Crippen molar-refractivity contribution in [3.8, 4) is 0 Å². The molecule has 0 spiro atoms. The van der Waals surface area contributed by atoms with Crippen LogP contribution in [-0.2, 0) is 22.4 Å². The lowest BCUT2D eigenvalue weighted by Gasteiger charge is -2.18. The van der Waals surface area contributed by atoms with Gasteiger partial charge in [0.05, 0.1) is 12.2 Å². The van der Waals surface area contributed by atoms with Gasteiger partial charge < -0.3 is 10.1 Å². The zero-order valence-corrected chi connectivity index (χ0v) is 14.5. The van der Waals surface area contributed by atoms with Crippen molar-refractivity contribution in [2.45, 2.75) is 46.5 Å². The molecule has 0 aliphatic heterocycles. The summed E-state index contributed by atoms with van der Waals surface area (Å²) in [6, 6.07) is 0. The van der Waals surface area contributed by atoms with Crippen LogP contribution in [0.2, 0.25) is 0 Å². The Morgan fingerprint density at radius 3 is 2.70 bits per heavy atom. The lowest BCUT2D eigenvalue weighted by atomic mass is 9.88. The Hall–Kier alpha value is -1.89. The molecule has 23 heavy (non-hydrogen) atoms. The summed E-state index contributed by atoms with van der Waals surface area (Å²) < 4.78 is 4.76. The minimum Gasteiger partial charge on any atom is -0.450 e. The molecule has 7 heteroatoms. The molecule has 126 valence electrons. The maximum Gasteiger partial charge on any atom is 0.414 e. The third kappa shape index (κ3) is 4.10. The van der Waals surface area contributed by atoms with Crippen LogP contribution in [0.4, 0.5) is 9.80 Å². The molecule has 1 aromatic rings. The van der Waals surface area contributed by atoms with Crippen molar-refractivity contribution in [3.05, 3.63) is 16.0 Å². The summed E-state index contributed by atoms with van der Waals surface area (Å²) in [7, 11) is 0. The Morgan fingerprint density at radius 1 is 1.30 bits per heavy atom. The van der Waals surface area contributed by atoms with E-state index in [0.29, 0.717) is 22.9 Å². The van der Waals surface area contributed by atoms with Crippen LogP contribution < -0.4 is 10.6 Å². The van der Waals surface area contributed by atoms with Gasteiger partial charge in [-0.15, -0.1) is 11.3 Å². The van der Waals surface area contributed by atoms with E-state index >= 15 is 0 Å². The van der Waals surface area contributed by atoms with Gasteiger partial charge in [-0.3, -0.25) is 14.9 Å². The van der Waals surface area contributed by atoms with Crippen LogP contribution in [0.15, 0.2) is 0 Å². The van der Waals surface area contributed by atoms with Crippen LogP contribution in [-0.4, -0.2) is 24.5 Å². The molecule has 0 bridgehead atoms. The highest BCUT2D eigenvalue weighted by atomic mass is 32.1. The largest absolute Gasteiger partial charge is 0.450 e. The second kappa shape index (κ2) is 7.59. The van der Waals surface area contributed by atoms with Crippen molar-refractivity contribution >= 4 is 34.2 Å². The molecule has 3 amide bonds. The third-order valence-electron chi connectivity index (χ3n) is 3.80. The standard InChI is InChI=1S/C16H22N2O4S/c1-4-12(19)17-15-13(14(20)18-16(21)22-5-2)10-7-6-9(3)8-11(10)23-15/h9H,4-8H2,1-3H3,(H,17,19)(H,18,20,21)/t9-/m0/s1.